The minimum absolute atomic E-state index is 0.294. The molecule has 2 heterocycles. The van der Waals surface area contributed by atoms with Crippen LogP contribution in [-0.2, 0) is 15.9 Å². The summed E-state index contributed by atoms with van der Waals surface area (Å²) in [7, 11) is 0. The summed E-state index contributed by atoms with van der Waals surface area (Å²) in [5.74, 6) is 0.896. The highest BCUT2D eigenvalue weighted by molar-refractivity contribution is 5.80. The van der Waals surface area contributed by atoms with Gasteiger partial charge in [0.25, 0.3) is 0 Å². The number of aliphatic hydroxyl groups is 1. The van der Waals surface area contributed by atoms with Crippen molar-refractivity contribution < 1.29 is 14.6 Å². The summed E-state index contributed by atoms with van der Waals surface area (Å²) in [4.78, 5) is 6.97. The Balaban J connectivity index is 1.43. The number of aliphatic imine (C=N–C) groups is 1. The normalized spacial score (nSPS) is 22.4. The fourth-order valence-corrected chi connectivity index (χ4v) is 3.82. The van der Waals surface area contributed by atoms with Crippen LogP contribution in [0.25, 0.3) is 0 Å². The quantitative estimate of drug-likeness (QED) is 0.527. The minimum atomic E-state index is -0.469. The molecule has 2 fully saturated rings. The number of nitrogens with zero attached hydrogens (tertiary/aromatic N) is 2. The highest BCUT2D eigenvalue weighted by Gasteiger charge is 2.24. The van der Waals surface area contributed by atoms with Crippen LogP contribution in [0.5, 0.6) is 0 Å². The lowest BCUT2D eigenvalue weighted by atomic mass is 10.1. The summed E-state index contributed by atoms with van der Waals surface area (Å²) in [6.45, 7) is 6.77. The molecule has 0 aliphatic carbocycles. The number of piperidine rings is 1. The van der Waals surface area contributed by atoms with E-state index in [4.69, 9.17) is 9.47 Å². The monoisotopic (exact) mass is 389 g/mol. The van der Waals surface area contributed by atoms with E-state index in [0.29, 0.717) is 25.2 Å². The highest BCUT2D eigenvalue weighted by atomic mass is 16.5. The van der Waals surface area contributed by atoms with Gasteiger partial charge in [-0.05, 0) is 38.2 Å². The number of aliphatic hydroxyl groups excluding tert-OH is 1. The molecule has 3 rings (SSSR count). The third-order valence-electron chi connectivity index (χ3n) is 5.38. The Morgan fingerprint density at radius 2 is 2.07 bits per heavy atom. The minimum Gasteiger partial charge on any atom is -0.391 e. The average Bonchev–Trinajstić information content (AvgIpc) is 3.24. The molecule has 0 saturated carbocycles. The van der Waals surface area contributed by atoms with E-state index in [1.54, 1.807) is 0 Å². The van der Waals surface area contributed by atoms with Crippen LogP contribution < -0.4 is 5.32 Å². The SMILES string of the molecule is CCNC(=NCC(O)Cc1ccccc1)N1CCC(OCC2CCCO2)CC1. The molecule has 0 aromatic heterocycles. The highest BCUT2D eigenvalue weighted by Crippen LogP contribution is 2.18. The van der Waals surface area contributed by atoms with Crippen molar-refractivity contribution in [2.45, 2.75) is 57.3 Å². The summed E-state index contributed by atoms with van der Waals surface area (Å²) in [5, 5.41) is 13.7. The molecular weight excluding hydrogens is 354 g/mol. The number of hydrogen-bond donors (Lipinski definition) is 2. The van der Waals surface area contributed by atoms with Gasteiger partial charge in [-0.3, -0.25) is 4.99 Å². The van der Waals surface area contributed by atoms with Crippen molar-refractivity contribution in [3.63, 3.8) is 0 Å². The zero-order valence-corrected chi connectivity index (χ0v) is 17.1. The number of likely N-dealkylation sites (tertiary alicyclic amines) is 1. The molecule has 0 bridgehead atoms. The van der Waals surface area contributed by atoms with Crippen molar-refractivity contribution in [3.8, 4) is 0 Å². The van der Waals surface area contributed by atoms with Crippen molar-refractivity contribution >= 4 is 5.96 Å². The Bertz CT molecular complexity index is 582. The first-order valence-electron chi connectivity index (χ1n) is 10.7. The van der Waals surface area contributed by atoms with E-state index in [2.05, 4.69) is 22.1 Å². The lowest BCUT2D eigenvalue weighted by molar-refractivity contribution is -0.0367. The zero-order chi connectivity index (χ0) is 19.6. The standard InChI is InChI=1S/C22H35N3O3/c1-2-23-22(24-16-19(26)15-18-7-4-3-5-8-18)25-12-10-20(11-13-25)28-17-21-9-6-14-27-21/h3-5,7-8,19-21,26H,2,6,9-17H2,1H3,(H,23,24). The molecule has 6 heteroatoms. The summed E-state index contributed by atoms with van der Waals surface area (Å²) < 4.78 is 11.7. The number of hydrogen-bond acceptors (Lipinski definition) is 4. The van der Waals surface area contributed by atoms with Gasteiger partial charge in [-0.1, -0.05) is 30.3 Å². The van der Waals surface area contributed by atoms with E-state index in [0.717, 1.165) is 70.1 Å². The van der Waals surface area contributed by atoms with Gasteiger partial charge in [-0.25, -0.2) is 0 Å². The first-order valence-corrected chi connectivity index (χ1v) is 10.7. The number of ether oxygens (including phenoxy) is 2. The van der Waals surface area contributed by atoms with Crippen LogP contribution in [-0.4, -0.2) is 73.7 Å². The summed E-state index contributed by atoms with van der Waals surface area (Å²) in [6.07, 6.45) is 5.06. The zero-order valence-electron chi connectivity index (χ0n) is 17.1. The van der Waals surface area contributed by atoms with Gasteiger partial charge in [0.2, 0.25) is 0 Å². The molecule has 0 spiro atoms. The Labute approximate surface area is 168 Å². The smallest absolute Gasteiger partial charge is 0.194 e. The summed E-state index contributed by atoms with van der Waals surface area (Å²) in [5.41, 5.74) is 1.14. The van der Waals surface area contributed by atoms with E-state index in [1.165, 1.54) is 0 Å². The molecular formula is C22H35N3O3. The first kappa shape index (κ1) is 21.1. The second-order valence-electron chi connectivity index (χ2n) is 7.69. The molecule has 0 radical (unpaired) electrons. The third-order valence-corrected chi connectivity index (χ3v) is 5.38. The van der Waals surface area contributed by atoms with Crippen molar-refractivity contribution in [1.82, 2.24) is 10.2 Å². The maximum Gasteiger partial charge on any atom is 0.194 e. The van der Waals surface area contributed by atoms with Crippen molar-refractivity contribution in [1.29, 1.82) is 0 Å². The molecule has 28 heavy (non-hydrogen) atoms. The molecule has 156 valence electrons. The summed E-state index contributed by atoms with van der Waals surface area (Å²) in [6, 6.07) is 10.1. The van der Waals surface area contributed by atoms with Crippen LogP contribution >= 0.6 is 0 Å². The molecule has 1 aromatic rings. The van der Waals surface area contributed by atoms with E-state index < -0.39 is 6.10 Å². The maximum absolute atomic E-state index is 10.3. The van der Waals surface area contributed by atoms with Gasteiger partial charge in [-0.2, -0.15) is 0 Å². The van der Waals surface area contributed by atoms with Gasteiger partial charge in [0.15, 0.2) is 5.96 Å². The number of benzene rings is 1. The van der Waals surface area contributed by atoms with E-state index in [-0.39, 0.29) is 0 Å². The molecule has 1 aromatic carbocycles. The van der Waals surface area contributed by atoms with Gasteiger partial charge in [0.05, 0.1) is 31.5 Å². The maximum atomic E-state index is 10.3. The fraction of sp³-hybridized carbons (Fsp3) is 0.682. The van der Waals surface area contributed by atoms with Crippen LogP contribution in [0, 0.1) is 0 Å². The molecule has 6 nitrogen and oxygen atoms in total. The largest absolute Gasteiger partial charge is 0.391 e. The molecule has 2 N–H and O–H groups in total. The van der Waals surface area contributed by atoms with E-state index in [9.17, 15) is 5.11 Å². The number of guanidine groups is 1. The Kier molecular flexibility index (Phi) is 8.58. The lowest BCUT2D eigenvalue weighted by Crippen LogP contribution is -2.47. The Morgan fingerprint density at radius 1 is 1.29 bits per heavy atom. The van der Waals surface area contributed by atoms with Crippen LogP contribution in [0.1, 0.15) is 38.2 Å². The molecule has 2 aliphatic rings. The van der Waals surface area contributed by atoms with Crippen LogP contribution in [0.4, 0.5) is 0 Å². The van der Waals surface area contributed by atoms with E-state index >= 15 is 0 Å². The first-order chi connectivity index (χ1) is 13.7. The predicted octanol–water partition coefficient (Wildman–Crippen LogP) is 2.22. The molecule has 2 aliphatic heterocycles. The third kappa shape index (κ3) is 6.76. The van der Waals surface area contributed by atoms with Gasteiger partial charge in [0.1, 0.15) is 0 Å². The topological polar surface area (TPSA) is 66.3 Å². The molecule has 2 unspecified atom stereocenters. The fourth-order valence-electron chi connectivity index (χ4n) is 3.82. The average molecular weight is 390 g/mol. The van der Waals surface area contributed by atoms with Gasteiger partial charge in [-0.15, -0.1) is 0 Å². The predicted molar refractivity (Wildman–Crippen MR) is 112 cm³/mol. The second kappa shape index (κ2) is 11.4. The van der Waals surface area contributed by atoms with Crippen LogP contribution in [0.3, 0.4) is 0 Å². The van der Waals surface area contributed by atoms with Crippen LogP contribution in [0.2, 0.25) is 0 Å². The number of nitrogens with one attached hydrogen (secondary N) is 1. The van der Waals surface area contributed by atoms with Crippen molar-refractivity contribution in [2.24, 2.45) is 4.99 Å². The van der Waals surface area contributed by atoms with Crippen LogP contribution in [0.15, 0.2) is 35.3 Å². The molecule has 2 saturated heterocycles. The van der Waals surface area contributed by atoms with E-state index in [1.807, 2.05) is 30.3 Å². The van der Waals surface area contributed by atoms with Gasteiger partial charge >= 0.3 is 0 Å². The van der Waals surface area contributed by atoms with Gasteiger partial charge in [0, 0.05) is 32.7 Å². The van der Waals surface area contributed by atoms with Gasteiger partial charge < -0.3 is 24.8 Å². The number of rotatable bonds is 8. The van der Waals surface area contributed by atoms with Crippen molar-refractivity contribution in [3.05, 3.63) is 35.9 Å². The lowest BCUT2D eigenvalue weighted by Gasteiger charge is -2.34. The molecule has 2 atom stereocenters. The molecule has 0 amide bonds. The Hall–Kier alpha value is -1.63. The summed E-state index contributed by atoms with van der Waals surface area (Å²) >= 11 is 0. The van der Waals surface area contributed by atoms with Crippen molar-refractivity contribution in [2.75, 3.05) is 39.4 Å². The Morgan fingerprint density at radius 3 is 2.75 bits per heavy atom. The second-order valence-corrected chi connectivity index (χ2v) is 7.69.